The molecule has 0 aliphatic rings. The number of nitrogens with zero attached hydrogens (tertiary/aromatic N) is 1. The summed E-state index contributed by atoms with van der Waals surface area (Å²) in [6, 6.07) is 7.40. The summed E-state index contributed by atoms with van der Waals surface area (Å²) in [6.07, 6.45) is 0.677. The Bertz CT molecular complexity index is 540. The summed E-state index contributed by atoms with van der Waals surface area (Å²) in [5.41, 5.74) is 7.34. The molecule has 6 nitrogen and oxygen atoms in total. The van der Waals surface area contributed by atoms with Gasteiger partial charge in [0.1, 0.15) is 0 Å². The van der Waals surface area contributed by atoms with E-state index in [1.165, 1.54) is 7.05 Å². The van der Waals surface area contributed by atoms with Gasteiger partial charge in [-0.25, -0.2) is 8.42 Å². The van der Waals surface area contributed by atoms with Crippen molar-refractivity contribution in [2.45, 2.75) is 13.3 Å². The van der Waals surface area contributed by atoms with E-state index in [2.05, 4.69) is 5.32 Å². The first-order chi connectivity index (χ1) is 9.35. The van der Waals surface area contributed by atoms with Gasteiger partial charge in [-0.15, -0.1) is 0 Å². The lowest BCUT2D eigenvalue weighted by molar-refractivity contribution is -0.121. The summed E-state index contributed by atoms with van der Waals surface area (Å²) in [6.45, 7) is 1.85. The first-order valence-electron chi connectivity index (χ1n) is 6.40. The third-order valence-corrected chi connectivity index (χ3v) is 4.73. The summed E-state index contributed by atoms with van der Waals surface area (Å²) in [4.78, 5) is 11.6. The van der Waals surface area contributed by atoms with Gasteiger partial charge in [-0.2, -0.15) is 4.31 Å². The Hall–Kier alpha value is -1.60. The molecule has 0 aromatic heterocycles. The van der Waals surface area contributed by atoms with E-state index in [0.717, 1.165) is 9.87 Å². The summed E-state index contributed by atoms with van der Waals surface area (Å²) >= 11 is 0. The van der Waals surface area contributed by atoms with Crippen LogP contribution in [0.15, 0.2) is 24.3 Å². The number of anilines is 1. The summed E-state index contributed by atoms with van der Waals surface area (Å²) in [7, 11) is -1.92. The van der Waals surface area contributed by atoms with Gasteiger partial charge in [0.25, 0.3) is 0 Å². The van der Waals surface area contributed by atoms with Crippen LogP contribution in [0.25, 0.3) is 0 Å². The van der Waals surface area contributed by atoms with Gasteiger partial charge in [0.2, 0.25) is 15.9 Å². The van der Waals surface area contributed by atoms with Crippen molar-refractivity contribution in [3.8, 4) is 0 Å². The van der Waals surface area contributed by atoms with E-state index in [0.29, 0.717) is 18.7 Å². The van der Waals surface area contributed by atoms with Crippen molar-refractivity contribution in [2.75, 3.05) is 31.6 Å². The number of amides is 1. The molecule has 0 bridgehead atoms. The minimum Gasteiger partial charge on any atom is -0.399 e. The zero-order chi connectivity index (χ0) is 15.2. The van der Waals surface area contributed by atoms with E-state index >= 15 is 0 Å². The van der Waals surface area contributed by atoms with E-state index in [-0.39, 0.29) is 18.2 Å². The Morgan fingerprint density at radius 3 is 2.45 bits per heavy atom. The number of nitrogens with two attached hydrogens (primary N) is 1. The largest absolute Gasteiger partial charge is 0.399 e. The molecule has 0 atom stereocenters. The molecule has 1 rings (SSSR count). The quantitative estimate of drug-likeness (QED) is 0.704. The highest BCUT2D eigenvalue weighted by Crippen LogP contribution is 2.05. The summed E-state index contributed by atoms with van der Waals surface area (Å²) < 4.78 is 24.1. The van der Waals surface area contributed by atoms with Gasteiger partial charge in [0.15, 0.2) is 0 Å². The molecule has 1 aromatic rings. The van der Waals surface area contributed by atoms with Crippen LogP contribution in [0.1, 0.15) is 12.5 Å². The summed E-state index contributed by atoms with van der Waals surface area (Å²) in [5.74, 6) is -0.317. The fraction of sp³-hybridized carbons (Fsp3) is 0.462. The van der Waals surface area contributed by atoms with Gasteiger partial charge in [0.05, 0.1) is 12.3 Å². The van der Waals surface area contributed by atoms with Crippen molar-refractivity contribution in [2.24, 2.45) is 0 Å². The predicted molar refractivity (Wildman–Crippen MR) is 79.7 cm³/mol. The number of carbonyl (C=O) groups excluding carboxylic acids is 1. The first kappa shape index (κ1) is 16.5. The molecule has 7 heteroatoms. The highest BCUT2D eigenvalue weighted by Gasteiger charge is 2.17. The maximum absolute atomic E-state index is 11.6. The Balaban J connectivity index is 2.35. The molecule has 0 radical (unpaired) electrons. The number of nitrogen functional groups attached to an aromatic ring is 1. The molecular formula is C13H21N3O3S. The maximum Gasteiger partial charge on any atom is 0.235 e. The van der Waals surface area contributed by atoms with E-state index in [1.807, 2.05) is 12.1 Å². The number of hydrogen-bond donors (Lipinski definition) is 2. The van der Waals surface area contributed by atoms with Crippen LogP contribution in [0.4, 0.5) is 5.69 Å². The van der Waals surface area contributed by atoms with Crippen LogP contribution < -0.4 is 11.1 Å². The number of likely N-dealkylation sites (N-methyl/N-ethyl adjacent to an activating group) is 1. The molecule has 0 fully saturated rings. The van der Waals surface area contributed by atoms with Gasteiger partial charge >= 0.3 is 0 Å². The molecule has 0 saturated carbocycles. The zero-order valence-electron chi connectivity index (χ0n) is 11.8. The topological polar surface area (TPSA) is 92.5 Å². The molecule has 0 heterocycles. The van der Waals surface area contributed by atoms with Gasteiger partial charge in [0, 0.05) is 19.3 Å². The average Bonchev–Trinajstić information content (AvgIpc) is 2.41. The van der Waals surface area contributed by atoms with E-state index in [9.17, 15) is 13.2 Å². The lowest BCUT2D eigenvalue weighted by Gasteiger charge is -2.15. The third-order valence-electron chi connectivity index (χ3n) is 2.92. The van der Waals surface area contributed by atoms with Crippen molar-refractivity contribution in [3.05, 3.63) is 29.8 Å². The fourth-order valence-corrected chi connectivity index (χ4v) is 2.36. The Morgan fingerprint density at radius 1 is 1.30 bits per heavy atom. The van der Waals surface area contributed by atoms with E-state index in [1.54, 1.807) is 19.1 Å². The summed E-state index contributed by atoms with van der Waals surface area (Å²) in [5, 5.41) is 2.70. The van der Waals surface area contributed by atoms with E-state index in [4.69, 9.17) is 5.73 Å². The Kier molecular flexibility index (Phi) is 5.97. The molecule has 1 aromatic carbocycles. The number of sulfonamides is 1. The monoisotopic (exact) mass is 299 g/mol. The SMILES string of the molecule is CCS(=O)(=O)N(C)CC(=O)NCCc1ccc(N)cc1. The third kappa shape index (κ3) is 5.18. The van der Waals surface area contributed by atoms with Gasteiger partial charge in [-0.05, 0) is 31.0 Å². The van der Waals surface area contributed by atoms with Crippen LogP contribution in [0.5, 0.6) is 0 Å². The van der Waals surface area contributed by atoms with Crippen LogP contribution in [-0.2, 0) is 21.2 Å². The van der Waals surface area contributed by atoms with Crippen molar-refractivity contribution >= 4 is 21.6 Å². The predicted octanol–water partition coefficient (Wildman–Crippen LogP) is 0.209. The fourth-order valence-electron chi connectivity index (χ4n) is 1.61. The minimum atomic E-state index is -3.32. The highest BCUT2D eigenvalue weighted by molar-refractivity contribution is 7.89. The number of nitrogens with one attached hydrogen (secondary N) is 1. The first-order valence-corrected chi connectivity index (χ1v) is 8.01. The van der Waals surface area contributed by atoms with Gasteiger partial charge < -0.3 is 11.1 Å². The molecular weight excluding hydrogens is 278 g/mol. The Morgan fingerprint density at radius 2 is 1.90 bits per heavy atom. The van der Waals surface area contributed by atoms with Crippen LogP contribution in [0.2, 0.25) is 0 Å². The highest BCUT2D eigenvalue weighted by atomic mass is 32.2. The molecule has 0 aliphatic heterocycles. The molecule has 0 spiro atoms. The number of carbonyl (C=O) groups is 1. The van der Waals surface area contributed by atoms with Crippen molar-refractivity contribution in [1.82, 2.24) is 9.62 Å². The Labute approximate surface area is 120 Å². The second kappa shape index (κ2) is 7.25. The molecule has 3 N–H and O–H groups in total. The number of benzene rings is 1. The van der Waals surface area contributed by atoms with Gasteiger partial charge in [-0.3, -0.25) is 4.79 Å². The molecule has 112 valence electrons. The normalized spacial score (nSPS) is 11.6. The number of hydrogen-bond acceptors (Lipinski definition) is 4. The molecule has 1 amide bonds. The van der Waals surface area contributed by atoms with Gasteiger partial charge in [-0.1, -0.05) is 12.1 Å². The molecule has 0 unspecified atom stereocenters. The molecule has 20 heavy (non-hydrogen) atoms. The van der Waals surface area contributed by atoms with Crippen LogP contribution >= 0.6 is 0 Å². The number of rotatable bonds is 7. The lowest BCUT2D eigenvalue weighted by atomic mass is 10.1. The van der Waals surface area contributed by atoms with E-state index < -0.39 is 10.0 Å². The second-order valence-corrected chi connectivity index (χ2v) is 6.86. The molecule has 0 saturated heterocycles. The minimum absolute atomic E-state index is 0.0117. The molecule has 0 aliphatic carbocycles. The van der Waals surface area contributed by atoms with Crippen LogP contribution in [0, 0.1) is 0 Å². The zero-order valence-corrected chi connectivity index (χ0v) is 12.6. The standard InChI is InChI=1S/C13H21N3O3S/c1-3-20(18,19)16(2)10-13(17)15-9-8-11-4-6-12(14)7-5-11/h4-7H,3,8-10,14H2,1-2H3,(H,15,17). The van der Waals surface area contributed by atoms with Crippen molar-refractivity contribution < 1.29 is 13.2 Å². The lowest BCUT2D eigenvalue weighted by Crippen LogP contribution is -2.39. The van der Waals surface area contributed by atoms with Crippen LogP contribution in [0.3, 0.4) is 0 Å². The van der Waals surface area contributed by atoms with Crippen molar-refractivity contribution in [1.29, 1.82) is 0 Å². The second-order valence-electron chi connectivity index (χ2n) is 4.50. The smallest absolute Gasteiger partial charge is 0.235 e. The van der Waals surface area contributed by atoms with Crippen LogP contribution in [-0.4, -0.2) is 44.5 Å². The van der Waals surface area contributed by atoms with Crippen molar-refractivity contribution in [3.63, 3.8) is 0 Å². The average molecular weight is 299 g/mol. The maximum atomic E-state index is 11.6.